The van der Waals surface area contributed by atoms with E-state index in [1.807, 2.05) is 24.3 Å². The molecule has 2 aromatic rings. The molecule has 0 unspecified atom stereocenters. The van der Waals surface area contributed by atoms with Gasteiger partial charge in [-0.05, 0) is 43.9 Å². The van der Waals surface area contributed by atoms with Crippen LogP contribution in [0.3, 0.4) is 0 Å². The maximum absolute atomic E-state index is 9.32. The highest BCUT2D eigenvalue weighted by Crippen LogP contribution is 2.30. The van der Waals surface area contributed by atoms with Gasteiger partial charge < -0.3 is 0 Å². The molecule has 0 saturated carbocycles. The molecule has 94 valence electrons. The monoisotopic (exact) mass is 267 g/mol. The largest absolute Gasteiger partial charge is 0.257 e. The lowest BCUT2D eigenvalue weighted by Gasteiger charge is -2.06. The van der Waals surface area contributed by atoms with Crippen LogP contribution in [-0.2, 0) is 12.8 Å². The van der Waals surface area contributed by atoms with Crippen LogP contribution in [-0.4, -0.2) is 9.97 Å². The average molecular weight is 267 g/mol. The zero-order valence-corrected chi connectivity index (χ0v) is 11.3. The van der Waals surface area contributed by atoms with Crippen LogP contribution >= 0.6 is 11.3 Å². The summed E-state index contributed by atoms with van der Waals surface area (Å²) in [5.41, 5.74) is 2.60. The van der Waals surface area contributed by atoms with E-state index in [0.29, 0.717) is 5.57 Å². The number of hydrogen-bond acceptors (Lipinski definition) is 4. The van der Waals surface area contributed by atoms with E-state index in [1.165, 1.54) is 23.4 Å². The maximum Gasteiger partial charge on any atom is 0.134 e. The smallest absolute Gasteiger partial charge is 0.134 e. The Hall–Kier alpha value is -1.99. The molecular formula is C15H13N3S. The molecule has 0 N–H and O–H groups in total. The minimum Gasteiger partial charge on any atom is -0.257 e. The summed E-state index contributed by atoms with van der Waals surface area (Å²) in [6.45, 7) is 0. The Morgan fingerprint density at radius 3 is 2.95 bits per heavy atom. The molecule has 0 spiro atoms. The Kier molecular flexibility index (Phi) is 3.39. The average Bonchev–Trinajstić information content (AvgIpc) is 2.89. The first kappa shape index (κ1) is 12.1. The second kappa shape index (κ2) is 5.33. The van der Waals surface area contributed by atoms with E-state index in [2.05, 4.69) is 16.0 Å². The quantitative estimate of drug-likeness (QED) is 0.783. The third-order valence-corrected chi connectivity index (χ3v) is 4.37. The van der Waals surface area contributed by atoms with Gasteiger partial charge in [-0.3, -0.25) is 4.98 Å². The van der Waals surface area contributed by atoms with E-state index in [9.17, 15) is 5.26 Å². The van der Waals surface area contributed by atoms with Crippen LogP contribution in [0.2, 0.25) is 0 Å². The molecule has 0 amide bonds. The molecule has 19 heavy (non-hydrogen) atoms. The van der Waals surface area contributed by atoms with Crippen LogP contribution in [0.4, 0.5) is 0 Å². The highest BCUT2D eigenvalue weighted by molar-refractivity contribution is 7.13. The van der Waals surface area contributed by atoms with Gasteiger partial charge in [-0.2, -0.15) is 5.26 Å². The number of fused-ring (bicyclic) bond motifs is 1. The van der Waals surface area contributed by atoms with Crippen molar-refractivity contribution in [2.75, 3.05) is 0 Å². The maximum atomic E-state index is 9.32. The molecule has 0 aliphatic heterocycles. The van der Waals surface area contributed by atoms with Crippen LogP contribution in [0, 0.1) is 11.3 Å². The summed E-state index contributed by atoms with van der Waals surface area (Å²) in [5.74, 6) is 0. The second-order valence-electron chi connectivity index (χ2n) is 4.52. The van der Waals surface area contributed by atoms with Crippen molar-refractivity contribution in [3.63, 3.8) is 0 Å². The van der Waals surface area contributed by atoms with E-state index in [0.717, 1.165) is 23.5 Å². The van der Waals surface area contributed by atoms with Gasteiger partial charge in [-0.15, -0.1) is 11.3 Å². The lowest BCUT2D eigenvalue weighted by Crippen LogP contribution is -1.99. The number of allylic oxidation sites excluding steroid dienone is 1. The fraction of sp³-hybridized carbons (Fsp3) is 0.267. The van der Waals surface area contributed by atoms with Crippen LogP contribution in [0.25, 0.3) is 11.6 Å². The van der Waals surface area contributed by atoms with Crippen molar-refractivity contribution in [3.8, 4) is 6.07 Å². The topological polar surface area (TPSA) is 49.6 Å². The van der Waals surface area contributed by atoms with E-state index >= 15 is 0 Å². The third-order valence-electron chi connectivity index (χ3n) is 3.18. The summed E-state index contributed by atoms with van der Waals surface area (Å²) in [4.78, 5) is 10.2. The lowest BCUT2D eigenvalue weighted by molar-refractivity contribution is 0.682. The number of thiazole rings is 1. The first-order valence-corrected chi connectivity index (χ1v) is 7.20. The minimum absolute atomic E-state index is 0.609. The number of rotatable bonds is 2. The third kappa shape index (κ3) is 2.56. The van der Waals surface area contributed by atoms with Crippen molar-refractivity contribution < 1.29 is 0 Å². The SMILES string of the molecule is N#C/C(=C\c1ccccn1)c1nc2c(s1)CCCC2. The number of aromatic nitrogens is 2. The fourth-order valence-corrected chi connectivity index (χ4v) is 3.33. The van der Waals surface area contributed by atoms with Gasteiger partial charge in [0.25, 0.3) is 0 Å². The zero-order chi connectivity index (χ0) is 13.1. The number of nitriles is 1. The Morgan fingerprint density at radius 1 is 1.32 bits per heavy atom. The first-order chi connectivity index (χ1) is 9.36. The number of pyridine rings is 1. The molecule has 0 atom stereocenters. The Morgan fingerprint density at radius 2 is 2.21 bits per heavy atom. The number of nitrogens with zero attached hydrogens (tertiary/aromatic N) is 3. The molecule has 4 heteroatoms. The van der Waals surface area contributed by atoms with Gasteiger partial charge in [0.05, 0.1) is 17.0 Å². The molecule has 0 aromatic carbocycles. The normalized spacial score (nSPS) is 14.8. The molecule has 1 aliphatic rings. The molecule has 3 nitrogen and oxygen atoms in total. The summed E-state index contributed by atoms with van der Waals surface area (Å²) in [6, 6.07) is 7.92. The molecule has 0 fully saturated rings. The lowest BCUT2D eigenvalue weighted by atomic mass is 10.0. The van der Waals surface area contributed by atoms with Gasteiger partial charge >= 0.3 is 0 Å². The molecule has 0 bridgehead atoms. The van der Waals surface area contributed by atoms with Gasteiger partial charge in [0.2, 0.25) is 0 Å². The molecule has 2 aromatic heterocycles. The van der Waals surface area contributed by atoms with Gasteiger partial charge in [0.15, 0.2) is 0 Å². The predicted molar refractivity (Wildman–Crippen MR) is 76.5 cm³/mol. The Bertz CT molecular complexity index is 626. The summed E-state index contributed by atoms with van der Waals surface area (Å²) < 4.78 is 0. The predicted octanol–water partition coefficient (Wildman–Crippen LogP) is 3.48. The summed E-state index contributed by atoms with van der Waals surface area (Å²) in [6.07, 6.45) is 8.14. The number of aryl methyl sites for hydroxylation is 2. The van der Waals surface area contributed by atoms with Crippen molar-refractivity contribution in [3.05, 3.63) is 45.7 Å². The Labute approximate surface area is 116 Å². The summed E-state index contributed by atoms with van der Waals surface area (Å²) in [7, 11) is 0. The summed E-state index contributed by atoms with van der Waals surface area (Å²) >= 11 is 1.66. The van der Waals surface area contributed by atoms with Crippen LogP contribution in [0.15, 0.2) is 24.4 Å². The van der Waals surface area contributed by atoms with E-state index in [1.54, 1.807) is 17.5 Å². The van der Waals surface area contributed by atoms with E-state index in [4.69, 9.17) is 0 Å². The molecule has 0 saturated heterocycles. The summed E-state index contributed by atoms with van der Waals surface area (Å²) in [5, 5.41) is 10.2. The van der Waals surface area contributed by atoms with Crippen molar-refractivity contribution in [2.24, 2.45) is 0 Å². The standard InChI is InChI=1S/C15H13N3S/c16-10-11(9-12-5-3-4-8-17-12)15-18-13-6-1-2-7-14(13)19-15/h3-5,8-9H,1-2,6-7H2/b11-9+. The van der Waals surface area contributed by atoms with Gasteiger partial charge in [0, 0.05) is 11.1 Å². The van der Waals surface area contributed by atoms with E-state index in [-0.39, 0.29) is 0 Å². The van der Waals surface area contributed by atoms with Crippen LogP contribution in [0.5, 0.6) is 0 Å². The highest BCUT2D eigenvalue weighted by atomic mass is 32.1. The molecule has 1 aliphatic carbocycles. The van der Waals surface area contributed by atoms with Gasteiger partial charge in [-0.25, -0.2) is 4.98 Å². The molecule has 3 rings (SSSR count). The van der Waals surface area contributed by atoms with Crippen molar-refractivity contribution >= 4 is 23.0 Å². The molecule has 0 radical (unpaired) electrons. The van der Waals surface area contributed by atoms with Crippen molar-refractivity contribution in [1.82, 2.24) is 9.97 Å². The highest BCUT2D eigenvalue weighted by Gasteiger charge is 2.17. The van der Waals surface area contributed by atoms with Gasteiger partial charge in [-0.1, -0.05) is 6.07 Å². The Balaban J connectivity index is 1.97. The van der Waals surface area contributed by atoms with Crippen LogP contribution < -0.4 is 0 Å². The molecule has 2 heterocycles. The second-order valence-corrected chi connectivity index (χ2v) is 5.60. The number of hydrogen-bond donors (Lipinski definition) is 0. The van der Waals surface area contributed by atoms with Crippen LogP contribution in [0.1, 0.15) is 34.1 Å². The van der Waals surface area contributed by atoms with Gasteiger partial charge in [0.1, 0.15) is 11.1 Å². The van der Waals surface area contributed by atoms with Crippen molar-refractivity contribution in [2.45, 2.75) is 25.7 Å². The first-order valence-electron chi connectivity index (χ1n) is 6.38. The fourth-order valence-electron chi connectivity index (χ4n) is 2.22. The minimum atomic E-state index is 0.609. The zero-order valence-electron chi connectivity index (χ0n) is 10.5. The van der Waals surface area contributed by atoms with E-state index < -0.39 is 0 Å². The van der Waals surface area contributed by atoms with Crippen molar-refractivity contribution in [1.29, 1.82) is 5.26 Å². The molecular weight excluding hydrogens is 254 g/mol.